The zero-order valence-electron chi connectivity index (χ0n) is 11.5. The normalized spacial score (nSPS) is 18.6. The van der Waals surface area contributed by atoms with Crippen molar-refractivity contribution in [2.24, 2.45) is 0 Å². The first-order valence-electron chi connectivity index (χ1n) is 6.93. The first kappa shape index (κ1) is 12.9. The van der Waals surface area contributed by atoms with Gasteiger partial charge >= 0.3 is 0 Å². The van der Waals surface area contributed by atoms with Crippen LogP contribution in [-0.2, 0) is 4.79 Å². The number of hydrogen-bond acceptors (Lipinski definition) is 3. The Balaban J connectivity index is 1.90. The molecule has 1 unspecified atom stereocenters. The summed E-state index contributed by atoms with van der Waals surface area (Å²) in [6.45, 7) is 2.30. The highest BCUT2D eigenvalue weighted by atomic mass is 16.3. The fraction of sp³-hybridized carbons (Fsp3) is 0.375. The third-order valence-corrected chi connectivity index (χ3v) is 3.87. The molecule has 0 aliphatic carbocycles. The standard InChI is InChI=1S/C16H17NO3/c1-11(18)9-12-5-4-8-17(12)16(19)14-10-20-15-7-3-2-6-13(14)15/h2-3,6-7,10,12H,4-5,8-9H2,1H3. The number of furan rings is 1. The lowest BCUT2D eigenvalue weighted by molar-refractivity contribution is -0.117. The highest BCUT2D eigenvalue weighted by Crippen LogP contribution is 2.27. The van der Waals surface area contributed by atoms with Gasteiger partial charge in [-0.1, -0.05) is 18.2 Å². The van der Waals surface area contributed by atoms with Gasteiger partial charge in [0.15, 0.2) is 0 Å². The zero-order valence-corrected chi connectivity index (χ0v) is 11.5. The van der Waals surface area contributed by atoms with E-state index in [2.05, 4.69) is 0 Å². The quantitative estimate of drug-likeness (QED) is 0.862. The van der Waals surface area contributed by atoms with Crippen molar-refractivity contribution in [2.45, 2.75) is 32.2 Å². The number of fused-ring (bicyclic) bond motifs is 1. The van der Waals surface area contributed by atoms with Crippen molar-refractivity contribution >= 4 is 22.7 Å². The molecule has 1 aromatic heterocycles. The molecular weight excluding hydrogens is 254 g/mol. The number of ketones is 1. The first-order valence-corrected chi connectivity index (χ1v) is 6.93. The van der Waals surface area contributed by atoms with Crippen LogP contribution in [0.1, 0.15) is 36.5 Å². The van der Waals surface area contributed by atoms with Crippen LogP contribution < -0.4 is 0 Å². The number of hydrogen-bond donors (Lipinski definition) is 0. The van der Waals surface area contributed by atoms with Crippen molar-refractivity contribution in [1.29, 1.82) is 0 Å². The molecule has 1 amide bonds. The second-order valence-corrected chi connectivity index (χ2v) is 5.35. The zero-order chi connectivity index (χ0) is 14.1. The van der Waals surface area contributed by atoms with Gasteiger partial charge in [0.2, 0.25) is 0 Å². The molecule has 0 radical (unpaired) electrons. The monoisotopic (exact) mass is 271 g/mol. The van der Waals surface area contributed by atoms with Crippen molar-refractivity contribution < 1.29 is 14.0 Å². The number of amides is 1. The van der Waals surface area contributed by atoms with Gasteiger partial charge in [-0.25, -0.2) is 0 Å². The van der Waals surface area contributed by atoms with E-state index in [0.717, 1.165) is 30.4 Å². The lowest BCUT2D eigenvalue weighted by Gasteiger charge is -2.23. The molecule has 1 aliphatic heterocycles. The van der Waals surface area contributed by atoms with Gasteiger partial charge < -0.3 is 9.32 Å². The van der Waals surface area contributed by atoms with Crippen molar-refractivity contribution in [3.63, 3.8) is 0 Å². The van der Waals surface area contributed by atoms with Gasteiger partial charge in [-0.2, -0.15) is 0 Å². The van der Waals surface area contributed by atoms with E-state index in [-0.39, 0.29) is 17.7 Å². The van der Waals surface area contributed by atoms with E-state index in [1.807, 2.05) is 29.2 Å². The molecule has 1 aromatic carbocycles. The summed E-state index contributed by atoms with van der Waals surface area (Å²) in [4.78, 5) is 25.8. The van der Waals surface area contributed by atoms with E-state index >= 15 is 0 Å². The van der Waals surface area contributed by atoms with E-state index in [4.69, 9.17) is 4.42 Å². The summed E-state index contributed by atoms with van der Waals surface area (Å²) >= 11 is 0. The third kappa shape index (κ3) is 2.22. The number of carbonyl (C=O) groups is 2. The van der Waals surface area contributed by atoms with Gasteiger partial charge in [0.05, 0.1) is 5.56 Å². The van der Waals surface area contributed by atoms with Crippen LogP contribution in [0, 0.1) is 0 Å². The lowest BCUT2D eigenvalue weighted by atomic mass is 10.1. The van der Waals surface area contributed by atoms with Crippen LogP contribution in [-0.4, -0.2) is 29.2 Å². The second-order valence-electron chi connectivity index (χ2n) is 5.35. The summed E-state index contributed by atoms with van der Waals surface area (Å²) in [5, 5.41) is 0.839. The predicted octanol–water partition coefficient (Wildman–Crippen LogP) is 3.02. The van der Waals surface area contributed by atoms with E-state index < -0.39 is 0 Å². The number of nitrogens with zero attached hydrogens (tertiary/aromatic N) is 1. The van der Waals surface area contributed by atoms with Gasteiger partial charge in [-0.05, 0) is 25.8 Å². The average molecular weight is 271 g/mol. The van der Waals surface area contributed by atoms with Gasteiger partial charge in [-0.3, -0.25) is 9.59 Å². The highest BCUT2D eigenvalue weighted by molar-refractivity contribution is 6.06. The summed E-state index contributed by atoms with van der Waals surface area (Å²) in [6.07, 6.45) is 3.83. The number of carbonyl (C=O) groups excluding carboxylic acids is 2. The van der Waals surface area contributed by atoms with Crippen LogP contribution in [0.2, 0.25) is 0 Å². The molecule has 1 fully saturated rings. The summed E-state index contributed by atoms with van der Waals surface area (Å²) in [6, 6.07) is 7.56. The molecule has 4 heteroatoms. The molecule has 0 N–H and O–H groups in total. The average Bonchev–Trinajstić information content (AvgIpc) is 3.03. The summed E-state index contributed by atoms with van der Waals surface area (Å²) in [5.74, 6) is 0.102. The Labute approximate surface area is 117 Å². The maximum Gasteiger partial charge on any atom is 0.258 e. The second kappa shape index (κ2) is 5.12. The minimum Gasteiger partial charge on any atom is -0.463 e. The van der Waals surface area contributed by atoms with Gasteiger partial charge in [0.25, 0.3) is 5.91 Å². The van der Waals surface area contributed by atoms with Gasteiger partial charge in [0, 0.05) is 24.4 Å². The highest BCUT2D eigenvalue weighted by Gasteiger charge is 2.31. The topological polar surface area (TPSA) is 50.5 Å². The molecule has 0 spiro atoms. The van der Waals surface area contributed by atoms with Crippen LogP contribution in [0.4, 0.5) is 0 Å². The molecule has 1 saturated heterocycles. The molecule has 20 heavy (non-hydrogen) atoms. The molecule has 0 saturated carbocycles. The van der Waals surface area contributed by atoms with Crippen LogP contribution in [0.25, 0.3) is 11.0 Å². The van der Waals surface area contributed by atoms with E-state index in [9.17, 15) is 9.59 Å². The predicted molar refractivity (Wildman–Crippen MR) is 75.6 cm³/mol. The summed E-state index contributed by atoms with van der Waals surface area (Å²) < 4.78 is 5.43. The Bertz CT molecular complexity index is 659. The number of rotatable bonds is 3. The van der Waals surface area contributed by atoms with Crippen molar-refractivity contribution in [1.82, 2.24) is 4.90 Å². The maximum atomic E-state index is 12.7. The van der Waals surface area contributed by atoms with Crippen molar-refractivity contribution in [2.75, 3.05) is 6.54 Å². The number of benzene rings is 1. The molecule has 0 bridgehead atoms. The SMILES string of the molecule is CC(=O)CC1CCCN1C(=O)c1coc2ccccc12. The molecule has 3 rings (SSSR count). The molecule has 1 aliphatic rings. The Morgan fingerprint density at radius 3 is 2.95 bits per heavy atom. The lowest BCUT2D eigenvalue weighted by Crippen LogP contribution is -2.36. The van der Waals surface area contributed by atoms with Crippen LogP contribution in [0.3, 0.4) is 0 Å². The van der Waals surface area contributed by atoms with E-state index in [1.54, 1.807) is 6.92 Å². The Morgan fingerprint density at radius 1 is 1.35 bits per heavy atom. The maximum absolute atomic E-state index is 12.7. The number of para-hydroxylation sites is 1. The van der Waals surface area contributed by atoms with Crippen LogP contribution >= 0.6 is 0 Å². The van der Waals surface area contributed by atoms with Crippen LogP contribution in [0.15, 0.2) is 34.9 Å². The minimum atomic E-state index is -0.0290. The fourth-order valence-corrected chi connectivity index (χ4v) is 2.95. The third-order valence-electron chi connectivity index (χ3n) is 3.87. The molecular formula is C16H17NO3. The van der Waals surface area contributed by atoms with E-state index in [1.165, 1.54) is 6.26 Å². The summed E-state index contributed by atoms with van der Waals surface area (Å²) in [5.41, 5.74) is 1.31. The Kier molecular flexibility index (Phi) is 3.30. The smallest absolute Gasteiger partial charge is 0.258 e. The van der Waals surface area contributed by atoms with Crippen molar-refractivity contribution in [3.05, 3.63) is 36.1 Å². The van der Waals surface area contributed by atoms with Gasteiger partial charge in [-0.15, -0.1) is 0 Å². The Morgan fingerprint density at radius 2 is 2.15 bits per heavy atom. The first-order chi connectivity index (χ1) is 9.66. The van der Waals surface area contributed by atoms with Crippen LogP contribution in [0.5, 0.6) is 0 Å². The molecule has 4 nitrogen and oxygen atoms in total. The molecule has 104 valence electrons. The largest absolute Gasteiger partial charge is 0.463 e. The minimum absolute atomic E-state index is 0.0290. The summed E-state index contributed by atoms with van der Waals surface area (Å²) in [7, 11) is 0. The van der Waals surface area contributed by atoms with Gasteiger partial charge in [0.1, 0.15) is 17.6 Å². The number of Topliss-reactive ketones (excluding diaryl/α,β-unsaturated/α-hetero) is 1. The Hall–Kier alpha value is -2.10. The van der Waals surface area contributed by atoms with E-state index in [0.29, 0.717) is 12.0 Å². The molecule has 2 aromatic rings. The molecule has 1 atom stereocenters. The molecule has 2 heterocycles. The number of likely N-dealkylation sites (tertiary alicyclic amines) is 1. The fourth-order valence-electron chi connectivity index (χ4n) is 2.95. The van der Waals surface area contributed by atoms with Crippen molar-refractivity contribution in [3.8, 4) is 0 Å².